The van der Waals surface area contributed by atoms with Crippen molar-refractivity contribution in [2.75, 3.05) is 33.3 Å². The van der Waals surface area contributed by atoms with Gasteiger partial charge in [-0.05, 0) is 24.1 Å². The van der Waals surface area contributed by atoms with Crippen molar-refractivity contribution in [3.63, 3.8) is 0 Å². The molecule has 0 aliphatic carbocycles. The van der Waals surface area contributed by atoms with Gasteiger partial charge in [-0.1, -0.05) is 12.1 Å². The van der Waals surface area contributed by atoms with E-state index in [2.05, 4.69) is 0 Å². The third kappa shape index (κ3) is 3.14. The van der Waals surface area contributed by atoms with Gasteiger partial charge in [-0.15, -0.1) is 11.6 Å². The Balaban J connectivity index is 2.05. The van der Waals surface area contributed by atoms with Crippen LogP contribution in [-0.2, 0) is 4.79 Å². The number of methoxy groups -OCH3 is 4. The molecule has 0 bridgehead atoms. The Morgan fingerprint density at radius 2 is 1.48 bits per heavy atom. The number of β-lactam (4-membered cyclic amide) rings is 1. The third-order valence-corrected chi connectivity index (χ3v) is 5.14. The molecular weight excluding hydrogens is 370 g/mol. The highest BCUT2D eigenvalue weighted by molar-refractivity contribution is 6.37. The van der Waals surface area contributed by atoms with Gasteiger partial charge in [-0.2, -0.15) is 0 Å². The summed E-state index contributed by atoms with van der Waals surface area (Å²) in [6.07, 6.45) is 0. The van der Waals surface area contributed by atoms with Gasteiger partial charge in [0.2, 0.25) is 11.7 Å². The number of hydrogen-bond donors (Lipinski definition) is 0. The van der Waals surface area contributed by atoms with Crippen LogP contribution in [0.4, 0.5) is 5.69 Å². The van der Waals surface area contributed by atoms with Crippen LogP contribution in [0.5, 0.6) is 23.0 Å². The number of amides is 1. The summed E-state index contributed by atoms with van der Waals surface area (Å²) in [7, 11) is 6.23. The zero-order chi connectivity index (χ0) is 19.7. The van der Waals surface area contributed by atoms with Crippen molar-refractivity contribution in [2.45, 2.75) is 18.3 Å². The maximum atomic E-state index is 12.6. The lowest BCUT2D eigenvalue weighted by molar-refractivity contribution is -0.123. The molecule has 2 atom stereocenters. The monoisotopic (exact) mass is 391 g/mol. The molecule has 0 spiro atoms. The number of alkyl halides is 1. The molecule has 2 aromatic carbocycles. The van der Waals surface area contributed by atoms with Crippen molar-refractivity contribution >= 4 is 23.2 Å². The van der Waals surface area contributed by atoms with E-state index in [4.69, 9.17) is 30.5 Å². The molecule has 2 aromatic rings. The second-order valence-electron chi connectivity index (χ2n) is 6.17. The molecule has 0 unspecified atom stereocenters. The van der Waals surface area contributed by atoms with Gasteiger partial charge in [0.05, 0.1) is 40.2 Å². The molecule has 1 aliphatic heterocycles. The molecule has 27 heavy (non-hydrogen) atoms. The van der Waals surface area contributed by atoms with Crippen LogP contribution in [-0.4, -0.2) is 39.7 Å². The number of halogens is 1. The number of aryl methyl sites for hydroxylation is 1. The van der Waals surface area contributed by atoms with Crippen LogP contribution in [0.25, 0.3) is 0 Å². The van der Waals surface area contributed by atoms with E-state index in [0.29, 0.717) is 22.9 Å². The third-order valence-electron chi connectivity index (χ3n) is 4.72. The van der Waals surface area contributed by atoms with Gasteiger partial charge in [0.15, 0.2) is 11.5 Å². The lowest BCUT2D eigenvalue weighted by Crippen LogP contribution is -2.56. The highest BCUT2D eigenvalue weighted by Crippen LogP contribution is 2.48. The molecule has 1 saturated heterocycles. The lowest BCUT2D eigenvalue weighted by atomic mass is 9.91. The van der Waals surface area contributed by atoms with Crippen molar-refractivity contribution in [3.05, 3.63) is 41.5 Å². The fourth-order valence-electron chi connectivity index (χ4n) is 3.35. The molecule has 1 aliphatic rings. The summed E-state index contributed by atoms with van der Waals surface area (Å²) < 4.78 is 21.5. The van der Waals surface area contributed by atoms with Crippen molar-refractivity contribution in [1.82, 2.24) is 0 Å². The Morgan fingerprint density at radius 3 is 1.96 bits per heavy atom. The molecule has 144 valence electrons. The predicted octanol–water partition coefficient (Wildman–Crippen LogP) is 3.72. The highest BCUT2D eigenvalue weighted by atomic mass is 35.5. The molecule has 0 aromatic heterocycles. The molecule has 0 saturated carbocycles. The van der Waals surface area contributed by atoms with Gasteiger partial charge in [0.25, 0.3) is 0 Å². The van der Waals surface area contributed by atoms with E-state index in [1.54, 1.807) is 24.1 Å². The quantitative estimate of drug-likeness (QED) is 0.554. The minimum absolute atomic E-state index is 0.176. The average Bonchev–Trinajstić information content (AvgIpc) is 2.69. The summed E-state index contributed by atoms with van der Waals surface area (Å²) >= 11 is 6.37. The first-order valence-corrected chi connectivity index (χ1v) is 8.82. The minimum atomic E-state index is -0.642. The van der Waals surface area contributed by atoms with Crippen molar-refractivity contribution in [3.8, 4) is 23.0 Å². The van der Waals surface area contributed by atoms with Gasteiger partial charge >= 0.3 is 0 Å². The van der Waals surface area contributed by atoms with E-state index >= 15 is 0 Å². The molecule has 1 heterocycles. The Morgan fingerprint density at radius 1 is 0.889 bits per heavy atom. The molecule has 0 radical (unpaired) electrons. The summed E-state index contributed by atoms with van der Waals surface area (Å²) in [5.74, 6) is 2.03. The summed E-state index contributed by atoms with van der Waals surface area (Å²) in [5, 5.41) is -0.642. The predicted molar refractivity (Wildman–Crippen MR) is 104 cm³/mol. The summed E-state index contributed by atoms with van der Waals surface area (Å²) in [6.45, 7) is 1.95. The standard InChI is InChI=1S/C20H22ClNO5/c1-11-8-12(6-7-14(11)24-2)18-17(21)20(23)22(18)13-9-15(25-3)19(27-5)16(10-13)26-4/h6-10,17-18H,1-5H3/t17-,18-/m1/s1. The average molecular weight is 392 g/mol. The maximum Gasteiger partial charge on any atom is 0.248 e. The zero-order valence-corrected chi connectivity index (χ0v) is 16.7. The number of rotatable bonds is 6. The molecule has 1 fully saturated rings. The van der Waals surface area contributed by atoms with Crippen molar-refractivity contribution in [2.24, 2.45) is 0 Å². The smallest absolute Gasteiger partial charge is 0.248 e. The Labute approximate surface area is 163 Å². The van der Waals surface area contributed by atoms with Gasteiger partial charge in [-0.25, -0.2) is 0 Å². The maximum absolute atomic E-state index is 12.6. The summed E-state index contributed by atoms with van der Waals surface area (Å²) in [4.78, 5) is 14.2. The molecule has 7 heteroatoms. The van der Waals surface area contributed by atoms with Gasteiger partial charge in [0.1, 0.15) is 11.1 Å². The number of carbonyl (C=O) groups is 1. The summed E-state index contributed by atoms with van der Waals surface area (Å²) in [5.41, 5.74) is 2.54. The number of nitrogens with zero attached hydrogens (tertiary/aromatic N) is 1. The number of anilines is 1. The van der Waals surface area contributed by atoms with E-state index in [1.807, 2.05) is 25.1 Å². The summed E-state index contributed by atoms with van der Waals surface area (Å²) in [6, 6.07) is 8.97. The highest BCUT2D eigenvalue weighted by Gasteiger charge is 2.48. The minimum Gasteiger partial charge on any atom is -0.496 e. The SMILES string of the molecule is COc1ccc([C@@H]2[C@@H](Cl)C(=O)N2c2cc(OC)c(OC)c(OC)c2)cc1C. The van der Waals surface area contributed by atoms with E-state index in [-0.39, 0.29) is 11.9 Å². The van der Waals surface area contributed by atoms with Crippen LogP contribution < -0.4 is 23.8 Å². The van der Waals surface area contributed by atoms with Gasteiger partial charge < -0.3 is 23.8 Å². The van der Waals surface area contributed by atoms with Crippen LogP contribution in [0.15, 0.2) is 30.3 Å². The molecule has 1 amide bonds. The second-order valence-corrected chi connectivity index (χ2v) is 6.64. The number of ether oxygens (including phenoxy) is 4. The first kappa shape index (κ1) is 19.2. The van der Waals surface area contributed by atoms with E-state index < -0.39 is 5.38 Å². The van der Waals surface area contributed by atoms with Crippen LogP contribution in [0.2, 0.25) is 0 Å². The van der Waals surface area contributed by atoms with Gasteiger partial charge in [-0.3, -0.25) is 4.79 Å². The number of hydrogen-bond acceptors (Lipinski definition) is 5. The van der Waals surface area contributed by atoms with Crippen molar-refractivity contribution in [1.29, 1.82) is 0 Å². The Kier molecular flexibility index (Phi) is 5.37. The molecule has 3 rings (SSSR count). The normalized spacial score (nSPS) is 18.7. The van der Waals surface area contributed by atoms with E-state index in [1.165, 1.54) is 21.3 Å². The Bertz CT molecular complexity index is 844. The van der Waals surface area contributed by atoms with E-state index in [0.717, 1.165) is 16.9 Å². The lowest BCUT2D eigenvalue weighted by Gasteiger charge is -2.44. The Hall–Kier alpha value is -2.60. The van der Waals surface area contributed by atoms with Crippen LogP contribution in [0.1, 0.15) is 17.2 Å². The first-order valence-electron chi connectivity index (χ1n) is 8.38. The fraction of sp³-hybridized carbons (Fsp3) is 0.350. The topological polar surface area (TPSA) is 57.2 Å². The van der Waals surface area contributed by atoms with Crippen molar-refractivity contribution < 1.29 is 23.7 Å². The molecule has 0 N–H and O–H groups in total. The second kappa shape index (κ2) is 7.56. The zero-order valence-electron chi connectivity index (χ0n) is 15.9. The van der Waals surface area contributed by atoms with Crippen LogP contribution >= 0.6 is 11.6 Å². The fourth-order valence-corrected chi connectivity index (χ4v) is 3.71. The number of benzene rings is 2. The largest absolute Gasteiger partial charge is 0.496 e. The van der Waals surface area contributed by atoms with E-state index in [9.17, 15) is 4.79 Å². The number of carbonyl (C=O) groups excluding carboxylic acids is 1. The van der Waals surface area contributed by atoms with Crippen LogP contribution in [0, 0.1) is 6.92 Å². The molecule has 6 nitrogen and oxygen atoms in total. The van der Waals surface area contributed by atoms with Gasteiger partial charge in [0, 0.05) is 12.1 Å². The van der Waals surface area contributed by atoms with Crippen LogP contribution in [0.3, 0.4) is 0 Å². The molecular formula is C20H22ClNO5. The first-order chi connectivity index (χ1) is 13.0.